The molecule has 0 spiro atoms. The van der Waals surface area contributed by atoms with E-state index in [4.69, 9.17) is 0 Å². The van der Waals surface area contributed by atoms with E-state index >= 15 is 0 Å². The molecule has 2 rings (SSSR count). The number of hydrogen-bond acceptors (Lipinski definition) is 2. The smallest absolute Gasteiger partial charge is 0.0890 e. The number of aryl methyl sites for hydroxylation is 1. The van der Waals surface area contributed by atoms with Crippen LogP contribution < -0.4 is 5.32 Å². The number of nitrogens with one attached hydrogen (secondary N) is 1. The lowest BCUT2D eigenvalue weighted by Crippen LogP contribution is -2.29. The second kappa shape index (κ2) is 5.31. The summed E-state index contributed by atoms with van der Waals surface area (Å²) in [5.41, 5.74) is 2.33. The molecule has 1 aliphatic heterocycles. The van der Waals surface area contributed by atoms with E-state index in [2.05, 4.69) is 47.2 Å². The molecule has 0 aromatic heterocycles. The maximum atomic E-state index is 4.16. The first-order valence-electron chi connectivity index (χ1n) is 5.55. The summed E-state index contributed by atoms with van der Waals surface area (Å²) in [6.07, 6.45) is 7.82. The molecule has 1 unspecified atom stereocenters. The second-order valence-corrected chi connectivity index (χ2v) is 3.85. The quantitative estimate of drug-likeness (QED) is 0.815. The van der Waals surface area contributed by atoms with Crippen LogP contribution >= 0.6 is 0 Å². The highest BCUT2D eigenvalue weighted by atomic mass is 15.0. The lowest BCUT2D eigenvalue weighted by Gasteiger charge is -2.16. The topological polar surface area (TPSA) is 24.4 Å². The third kappa shape index (κ3) is 2.83. The highest BCUT2D eigenvalue weighted by molar-refractivity contribution is 5.60. The van der Waals surface area contributed by atoms with Crippen molar-refractivity contribution in [3.63, 3.8) is 0 Å². The maximum absolute atomic E-state index is 4.16. The molecule has 0 radical (unpaired) electrons. The average Bonchev–Trinajstić information content (AvgIpc) is 2.38. The Bertz CT molecular complexity index is 404. The Labute approximate surface area is 96.4 Å². The van der Waals surface area contributed by atoms with E-state index in [9.17, 15) is 0 Å². The molecule has 0 amide bonds. The van der Waals surface area contributed by atoms with Crippen molar-refractivity contribution < 1.29 is 0 Å². The molecule has 0 aliphatic carbocycles. The van der Waals surface area contributed by atoms with Crippen molar-refractivity contribution in [2.75, 3.05) is 0 Å². The third-order valence-corrected chi connectivity index (χ3v) is 2.67. The fourth-order valence-corrected chi connectivity index (χ4v) is 1.76. The van der Waals surface area contributed by atoms with Crippen LogP contribution in [0.25, 0.3) is 0 Å². The van der Waals surface area contributed by atoms with E-state index in [1.807, 2.05) is 6.07 Å². The SMILES string of the molecule is C=CC1=CC(CCc2ccccc2)NC=N1. The van der Waals surface area contributed by atoms with Gasteiger partial charge in [0.1, 0.15) is 0 Å². The fraction of sp³-hybridized carbons (Fsp3) is 0.214. The van der Waals surface area contributed by atoms with Gasteiger partial charge < -0.3 is 5.32 Å². The van der Waals surface area contributed by atoms with E-state index in [1.165, 1.54) is 5.56 Å². The molecule has 1 heterocycles. The average molecular weight is 212 g/mol. The summed E-state index contributed by atoms with van der Waals surface area (Å²) in [6.45, 7) is 3.73. The summed E-state index contributed by atoms with van der Waals surface area (Å²) >= 11 is 0. The number of rotatable bonds is 4. The summed E-state index contributed by atoms with van der Waals surface area (Å²) in [6, 6.07) is 10.9. The maximum Gasteiger partial charge on any atom is 0.0890 e. The molecule has 2 heteroatoms. The van der Waals surface area contributed by atoms with Crippen molar-refractivity contribution in [1.82, 2.24) is 5.32 Å². The third-order valence-electron chi connectivity index (χ3n) is 2.67. The van der Waals surface area contributed by atoms with Crippen LogP contribution in [0, 0.1) is 0 Å². The van der Waals surface area contributed by atoms with Crippen LogP contribution in [0.2, 0.25) is 0 Å². The van der Waals surface area contributed by atoms with Gasteiger partial charge in [0.05, 0.1) is 12.0 Å². The number of aliphatic imine (C=N–C) groups is 1. The Kier molecular flexibility index (Phi) is 3.54. The van der Waals surface area contributed by atoms with E-state index in [-0.39, 0.29) is 0 Å². The number of hydrogen-bond donors (Lipinski definition) is 1. The van der Waals surface area contributed by atoms with Gasteiger partial charge in [-0.05, 0) is 30.6 Å². The van der Waals surface area contributed by atoms with Crippen LogP contribution in [-0.2, 0) is 6.42 Å². The molecule has 1 atom stereocenters. The zero-order valence-electron chi connectivity index (χ0n) is 9.26. The van der Waals surface area contributed by atoms with Gasteiger partial charge in [0.15, 0.2) is 0 Å². The van der Waals surface area contributed by atoms with Crippen LogP contribution in [-0.4, -0.2) is 12.4 Å². The largest absolute Gasteiger partial charge is 0.370 e. The Hall–Kier alpha value is -1.83. The van der Waals surface area contributed by atoms with E-state index < -0.39 is 0 Å². The zero-order valence-corrected chi connectivity index (χ0v) is 9.26. The molecule has 2 nitrogen and oxygen atoms in total. The van der Waals surface area contributed by atoms with Crippen LogP contribution in [0.1, 0.15) is 12.0 Å². The highest BCUT2D eigenvalue weighted by Crippen LogP contribution is 2.10. The van der Waals surface area contributed by atoms with Gasteiger partial charge in [-0.15, -0.1) is 0 Å². The molecule has 1 aromatic rings. The first kappa shape index (κ1) is 10.7. The van der Waals surface area contributed by atoms with E-state index in [0.717, 1.165) is 18.5 Å². The van der Waals surface area contributed by atoms with Crippen LogP contribution in [0.5, 0.6) is 0 Å². The Morgan fingerprint density at radius 2 is 2.12 bits per heavy atom. The Balaban J connectivity index is 1.90. The standard InChI is InChI=1S/C14H16N2/c1-2-13-10-14(16-11-15-13)9-8-12-6-4-3-5-7-12/h2-7,10-11,14H,1,8-9H2,(H,15,16). The minimum Gasteiger partial charge on any atom is -0.370 e. The number of allylic oxidation sites excluding steroid dienone is 1. The summed E-state index contributed by atoms with van der Waals surface area (Å²) in [5.74, 6) is 0. The van der Waals surface area contributed by atoms with Gasteiger partial charge in [0.25, 0.3) is 0 Å². The molecular formula is C14H16N2. The summed E-state index contributed by atoms with van der Waals surface area (Å²) in [4.78, 5) is 4.16. The van der Waals surface area contributed by atoms with Crippen LogP contribution in [0.15, 0.2) is 59.8 Å². The van der Waals surface area contributed by atoms with E-state index in [0.29, 0.717) is 6.04 Å². The number of nitrogens with zero attached hydrogens (tertiary/aromatic N) is 1. The predicted molar refractivity (Wildman–Crippen MR) is 68.5 cm³/mol. The minimum atomic E-state index is 0.366. The summed E-state index contributed by atoms with van der Waals surface area (Å²) < 4.78 is 0. The molecule has 1 aliphatic rings. The first-order chi connectivity index (χ1) is 7.88. The van der Waals surface area contributed by atoms with Crippen LogP contribution in [0.4, 0.5) is 0 Å². The summed E-state index contributed by atoms with van der Waals surface area (Å²) in [7, 11) is 0. The Morgan fingerprint density at radius 1 is 1.31 bits per heavy atom. The van der Waals surface area contributed by atoms with Gasteiger partial charge in [-0.2, -0.15) is 0 Å². The van der Waals surface area contributed by atoms with Crippen molar-refractivity contribution in [2.24, 2.45) is 4.99 Å². The lowest BCUT2D eigenvalue weighted by atomic mass is 10.0. The van der Waals surface area contributed by atoms with Gasteiger partial charge in [-0.1, -0.05) is 36.9 Å². The molecule has 16 heavy (non-hydrogen) atoms. The zero-order chi connectivity index (χ0) is 11.2. The van der Waals surface area contributed by atoms with E-state index in [1.54, 1.807) is 12.4 Å². The minimum absolute atomic E-state index is 0.366. The van der Waals surface area contributed by atoms with Crippen molar-refractivity contribution in [3.8, 4) is 0 Å². The molecule has 1 N–H and O–H groups in total. The Morgan fingerprint density at radius 3 is 2.88 bits per heavy atom. The van der Waals surface area contributed by atoms with Gasteiger partial charge in [-0.3, -0.25) is 0 Å². The van der Waals surface area contributed by atoms with Crippen molar-refractivity contribution >= 4 is 6.34 Å². The number of benzene rings is 1. The van der Waals surface area contributed by atoms with Crippen molar-refractivity contribution in [3.05, 3.63) is 60.3 Å². The predicted octanol–water partition coefficient (Wildman–Crippen LogP) is 2.69. The van der Waals surface area contributed by atoms with Gasteiger partial charge >= 0.3 is 0 Å². The highest BCUT2D eigenvalue weighted by Gasteiger charge is 2.07. The molecule has 0 bridgehead atoms. The van der Waals surface area contributed by atoms with Crippen LogP contribution in [0.3, 0.4) is 0 Å². The molecule has 0 saturated carbocycles. The molecule has 1 aromatic carbocycles. The van der Waals surface area contributed by atoms with Crippen molar-refractivity contribution in [2.45, 2.75) is 18.9 Å². The molecular weight excluding hydrogens is 196 g/mol. The lowest BCUT2D eigenvalue weighted by molar-refractivity contribution is 0.655. The first-order valence-corrected chi connectivity index (χ1v) is 5.55. The van der Waals surface area contributed by atoms with Gasteiger partial charge in [-0.25, -0.2) is 4.99 Å². The normalized spacial score (nSPS) is 18.8. The fourth-order valence-electron chi connectivity index (χ4n) is 1.76. The molecule has 0 fully saturated rings. The molecule has 0 saturated heterocycles. The second-order valence-electron chi connectivity index (χ2n) is 3.85. The molecule has 82 valence electrons. The monoisotopic (exact) mass is 212 g/mol. The van der Waals surface area contributed by atoms with Gasteiger partial charge in [0, 0.05) is 6.04 Å². The summed E-state index contributed by atoms with van der Waals surface area (Å²) in [5, 5.41) is 3.24. The van der Waals surface area contributed by atoms with Crippen molar-refractivity contribution in [1.29, 1.82) is 0 Å². The van der Waals surface area contributed by atoms with Gasteiger partial charge in [0.2, 0.25) is 0 Å².